The van der Waals surface area contributed by atoms with Gasteiger partial charge in [-0.25, -0.2) is 12.8 Å². The molecule has 2 fully saturated rings. The zero-order valence-corrected chi connectivity index (χ0v) is 18.7. The summed E-state index contributed by atoms with van der Waals surface area (Å²) in [4.78, 5) is 18.5. The third kappa shape index (κ3) is 3.84. The minimum Gasteiger partial charge on any atom is -0.339 e. The lowest BCUT2D eigenvalue weighted by molar-refractivity contribution is 0.0693. The van der Waals surface area contributed by atoms with Crippen LogP contribution >= 0.6 is 11.3 Å². The van der Waals surface area contributed by atoms with Crippen molar-refractivity contribution in [1.29, 1.82) is 0 Å². The number of hydrogen-bond acceptors (Lipinski definition) is 7. The molecule has 2 aliphatic rings. The summed E-state index contributed by atoms with van der Waals surface area (Å²) < 4.78 is 47.0. The lowest BCUT2D eigenvalue weighted by Gasteiger charge is -2.33. The van der Waals surface area contributed by atoms with Crippen molar-refractivity contribution in [3.63, 3.8) is 0 Å². The molecule has 2 aromatic heterocycles. The second-order valence-corrected chi connectivity index (χ2v) is 11.0. The molecule has 1 saturated heterocycles. The maximum Gasteiger partial charge on any atom is 0.256 e. The predicted octanol–water partition coefficient (Wildman–Crippen LogP) is 3.35. The van der Waals surface area contributed by atoms with Crippen molar-refractivity contribution in [2.24, 2.45) is 0 Å². The fraction of sp³-hybridized carbons (Fsp3) is 0.381. The number of carbonyl (C=O) groups is 1. The summed E-state index contributed by atoms with van der Waals surface area (Å²) in [6, 6.07) is 7.36. The van der Waals surface area contributed by atoms with Crippen LogP contribution in [0.5, 0.6) is 0 Å². The van der Waals surface area contributed by atoms with Gasteiger partial charge in [-0.3, -0.25) is 4.79 Å². The molecule has 8 nitrogen and oxygen atoms in total. The quantitative estimate of drug-likeness (QED) is 0.560. The minimum absolute atomic E-state index is 0.00640. The van der Waals surface area contributed by atoms with Crippen LogP contribution < -0.4 is 0 Å². The summed E-state index contributed by atoms with van der Waals surface area (Å²) in [5, 5.41) is 5.71. The van der Waals surface area contributed by atoms with Crippen LogP contribution in [0, 0.1) is 5.82 Å². The van der Waals surface area contributed by atoms with Gasteiger partial charge in [0.2, 0.25) is 11.7 Å². The number of sulfonamides is 1. The third-order valence-corrected chi connectivity index (χ3v) is 9.27. The topological polar surface area (TPSA) is 96.6 Å². The number of halogens is 1. The van der Waals surface area contributed by atoms with Gasteiger partial charge in [0.25, 0.3) is 15.9 Å². The zero-order chi connectivity index (χ0) is 22.3. The van der Waals surface area contributed by atoms with Gasteiger partial charge in [0.1, 0.15) is 10.0 Å². The Morgan fingerprint density at radius 1 is 1.16 bits per heavy atom. The normalized spacial score (nSPS) is 18.0. The Morgan fingerprint density at radius 2 is 1.91 bits per heavy atom. The maximum absolute atomic E-state index is 13.9. The molecule has 0 unspecified atom stereocenters. The van der Waals surface area contributed by atoms with Crippen LogP contribution in [0.4, 0.5) is 4.39 Å². The van der Waals surface area contributed by atoms with Crippen molar-refractivity contribution in [2.45, 2.75) is 29.4 Å². The lowest BCUT2D eigenvalue weighted by Crippen LogP contribution is -2.50. The highest BCUT2D eigenvalue weighted by atomic mass is 32.2. The van der Waals surface area contributed by atoms with Crippen LogP contribution in [0.15, 0.2) is 44.4 Å². The largest absolute Gasteiger partial charge is 0.339 e. The number of thiophene rings is 1. The zero-order valence-electron chi connectivity index (χ0n) is 17.1. The van der Waals surface area contributed by atoms with Crippen molar-refractivity contribution in [3.05, 3.63) is 53.0 Å². The summed E-state index contributed by atoms with van der Waals surface area (Å²) in [6.07, 6.45) is 3.23. The van der Waals surface area contributed by atoms with Crippen LogP contribution in [0.3, 0.4) is 0 Å². The molecule has 11 heteroatoms. The third-order valence-electron chi connectivity index (χ3n) is 5.95. The summed E-state index contributed by atoms with van der Waals surface area (Å²) in [7, 11) is -3.72. The first-order chi connectivity index (χ1) is 15.4. The number of amides is 1. The maximum atomic E-state index is 13.9. The van der Waals surface area contributed by atoms with Crippen molar-refractivity contribution >= 4 is 27.3 Å². The number of piperazine rings is 1. The molecule has 32 heavy (non-hydrogen) atoms. The van der Waals surface area contributed by atoms with E-state index >= 15 is 0 Å². The number of carbonyl (C=O) groups excluding carboxylic acids is 1. The highest BCUT2D eigenvalue weighted by molar-refractivity contribution is 7.91. The molecule has 1 amide bonds. The molecular weight excluding hydrogens is 455 g/mol. The van der Waals surface area contributed by atoms with Crippen molar-refractivity contribution in [1.82, 2.24) is 19.3 Å². The lowest BCUT2D eigenvalue weighted by atomic mass is 9.85. The summed E-state index contributed by atoms with van der Waals surface area (Å²) >= 11 is 1.11. The SMILES string of the molecule is O=C(c1ccccc1F)N1CCN(S(=O)(=O)c2cc(-c3noc(C4CCC4)n3)cs2)CC1. The number of rotatable bonds is 5. The van der Waals surface area contributed by atoms with Crippen molar-refractivity contribution in [2.75, 3.05) is 26.2 Å². The van der Waals surface area contributed by atoms with E-state index in [1.165, 1.54) is 27.4 Å². The Kier molecular flexibility index (Phi) is 5.56. The van der Waals surface area contributed by atoms with Crippen LogP contribution in [0.25, 0.3) is 11.4 Å². The molecule has 1 aromatic carbocycles. The summed E-state index contributed by atoms with van der Waals surface area (Å²) in [6.45, 7) is 0.675. The second-order valence-electron chi connectivity index (χ2n) is 7.91. The average Bonchev–Trinajstić information content (AvgIpc) is 3.43. The monoisotopic (exact) mass is 476 g/mol. The van der Waals surface area contributed by atoms with E-state index in [0.29, 0.717) is 23.2 Å². The Hall–Kier alpha value is -2.63. The number of aromatic nitrogens is 2. The Labute approximate surface area is 188 Å². The highest BCUT2D eigenvalue weighted by Gasteiger charge is 2.32. The van der Waals surface area contributed by atoms with Crippen LogP contribution in [-0.2, 0) is 10.0 Å². The van der Waals surface area contributed by atoms with Crippen molar-refractivity contribution in [3.8, 4) is 11.4 Å². The van der Waals surface area contributed by atoms with Gasteiger partial charge in [-0.15, -0.1) is 11.3 Å². The number of hydrogen-bond donors (Lipinski definition) is 0. The predicted molar refractivity (Wildman–Crippen MR) is 115 cm³/mol. The second kappa shape index (κ2) is 8.38. The molecule has 0 atom stereocenters. The van der Waals surface area contributed by atoms with E-state index in [1.807, 2.05) is 0 Å². The Bertz CT molecular complexity index is 1240. The van der Waals surface area contributed by atoms with Gasteiger partial charge in [0.15, 0.2) is 0 Å². The Morgan fingerprint density at radius 3 is 2.59 bits per heavy atom. The van der Waals surface area contributed by atoms with E-state index in [0.717, 1.165) is 30.6 Å². The molecule has 1 saturated carbocycles. The minimum atomic E-state index is -3.72. The van der Waals surface area contributed by atoms with Gasteiger partial charge in [0, 0.05) is 43.0 Å². The molecule has 3 aromatic rings. The van der Waals surface area contributed by atoms with Gasteiger partial charge >= 0.3 is 0 Å². The molecule has 1 aliphatic carbocycles. The molecule has 5 rings (SSSR count). The molecule has 1 aliphatic heterocycles. The molecular formula is C21H21FN4O4S2. The molecule has 0 N–H and O–H groups in total. The van der Waals surface area contributed by atoms with E-state index in [9.17, 15) is 17.6 Å². The smallest absolute Gasteiger partial charge is 0.256 e. The van der Waals surface area contributed by atoms with E-state index in [4.69, 9.17) is 4.52 Å². The van der Waals surface area contributed by atoms with Crippen LogP contribution in [0.1, 0.15) is 41.4 Å². The first-order valence-corrected chi connectivity index (χ1v) is 12.7. The van der Waals surface area contributed by atoms with Gasteiger partial charge in [-0.2, -0.15) is 9.29 Å². The van der Waals surface area contributed by atoms with Gasteiger partial charge in [0.05, 0.1) is 5.56 Å². The Balaban J connectivity index is 1.26. The van der Waals surface area contributed by atoms with E-state index in [2.05, 4.69) is 10.1 Å². The van der Waals surface area contributed by atoms with Crippen LogP contribution in [-0.4, -0.2) is 59.8 Å². The molecule has 3 heterocycles. The highest BCUT2D eigenvalue weighted by Crippen LogP contribution is 2.37. The molecule has 168 valence electrons. The molecule has 0 radical (unpaired) electrons. The van der Waals surface area contributed by atoms with E-state index in [-0.39, 0.29) is 36.0 Å². The number of benzene rings is 1. The standard InChI is InChI=1S/C21H21FN4O4S2/c22-17-7-2-1-6-16(17)21(27)25-8-10-26(11-9-25)32(28,29)18-12-15(13-31-18)19-23-20(30-24-19)14-4-3-5-14/h1-2,6-7,12-14H,3-5,8-11H2. The van der Waals surface area contributed by atoms with Crippen molar-refractivity contribution < 1.29 is 22.1 Å². The number of nitrogens with zero attached hydrogens (tertiary/aromatic N) is 4. The summed E-state index contributed by atoms with van der Waals surface area (Å²) in [5.41, 5.74) is 0.601. The summed E-state index contributed by atoms with van der Waals surface area (Å²) in [5.74, 6) is 0.294. The fourth-order valence-corrected chi connectivity index (χ4v) is 6.54. The first kappa shape index (κ1) is 21.2. The van der Waals surface area contributed by atoms with Gasteiger partial charge < -0.3 is 9.42 Å². The van der Waals surface area contributed by atoms with Gasteiger partial charge in [-0.1, -0.05) is 23.7 Å². The fourth-order valence-electron chi connectivity index (χ4n) is 3.81. The first-order valence-electron chi connectivity index (χ1n) is 10.4. The molecule has 0 bridgehead atoms. The average molecular weight is 477 g/mol. The van der Waals surface area contributed by atoms with E-state index in [1.54, 1.807) is 17.5 Å². The van der Waals surface area contributed by atoms with Crippen LogP contribution in [0.2, 0.25) is 0 Å². The molecule has 0 spiro atoms. The van der Waals surface area contributed by atoms with E-state index < -0.39 is 21.7 Å². The van der Waals surface area contributed by atoms with Gasteiger partial charge in [-0.05, 0) is 31.0 Å².